The first-order chi connectivity index (χ1) is 8.20. The lowest BCUT2D eigenvalue weighted by Crippen LogP contribution is -2.34. The van der Waals surface area contributed by atoms with E-state index in [1.54, 1.807) is 17.2 Å². The number of amides is 1. The topological polar surface area (TPSA) is 33.2 Å². The number of nitrogens with zero attached hydrogens (tertiary/aromatic N) is 2. The van der Waals surface area contributed by atoms with Gasteiger partial charge in [-0.1, -0.05) is 13.3 Å². The Morgan fingerprint density at radius 1 is 1.47 bits per heavy atom. The Morgan fingerprint density at radius 2 is 2.24 bits per heavy atom. The molecule has 1 heterocycles. The zero-order valence-corrected chi connectivity index (χ0v) is 11.2. The summed E-state index contributed by atoms with van der Waals surface area (Å²) in [4.78, 5) is 18.2. The van der Waals surface area contributed by atoms with Crippen LogP contribution in [0.4, 0.5) is 0 Å². The first kappa shape index (κ1) is 14.0. The quantitative estimate of drug-likeness (QED) is 0.732. The summed E-state index contributed by atoms with van der Waals surface area (Å²) in [5.41, 5.74) is 1.45. The Labute approximate surface area is 108 Å². The highest BCUT2D eigenvalue weighted by Gasteiger charge is 2.16. The fourth-order valence-electron chi connectivity index (χ4n) is 1.65. The highest BCUT2D eigenvalue weighted by molar-refractivity contribution is 6.18. The van der Waals surface area contributed by atoms with Crippen molar-refractivity contribution in [1.29, 1.82) is 0 Å². The van der Waals surface area contributed by atoms with Crippen LogP contribution >= 0.6 is 11.6 Å². The molecular weight excluding hydrogens is 236 g/mol. The number of carbonyl (C=O) groups is 1. The number of rotatable bonds is 6. The van der Waals surface area contributed by atoms with E-state index in [2.05, 4.69) is 11.9 Å². The molecule has 0 aliphatic heterocycles. The molecule has 0 spiro atoms. The summed E-state index contributed by atoms with van der Waals surface area (Å²) in [7, 11) is 0. The molecule has 0 bridgehead atoms. The van der Waals surface area contributed by atoms with E-state index < -0.39 is 0 Å². The second-order valence-corrected chi connectivity index (χ2v) is 4.35. The Morgan fingerprint density at radius 3 is 2.82 bits per heavy atom. The van der Waals surface area contributed by atoms with Crippen molar-refractivity contribution in [2.75, 3.05) is 19.0 Å². The molecule has 1 amide bonds. The van der Waals surface area contributed by atoms with Gasteiger partial charge in [0.15, 0.2) is 0 Å². The fraction of sp³-hybridized carbons (Fsp3) is 0.538. The zero-order valence-electron chi connectivity index (χ0n) is 10.4. The molecule has 17 heavy (non-hydrogen) atoms. The normalized spacial score (nSPS) is 10.3. The summed E-state index contributed by atoms with van der Waals surface area (Å²) in [5, 5.41) is 0. The molecular formula is C13H19ClN2O. The number of halogens is 1. The van der Waals surface area contributed by atoms with Gasteiger partial charge in [0, 0.05) is 30.9 Å². The van der Waals surface area contributed by atoms with Crippen LogP contribution in [0.1, 0.15) is 35.8 Å². The zero-order chi connectivity index (χ0) is 12.7. The summed E-state index contributed by atoms with van der Waals surface area (Å²) < 4.78 is 0. The second kappa shape index (κ2) is 7.28. The minimum absolute atomic E-state index is 0.0321. The number of unbranched alkanes of at least 4 members (excludes halogenated alkanes) is 1. The van der Waals surface area contributed by atoms with Crippen LogP contribution in [0.2, 0.25) is 0 Å². The van der Waals surface area contributed by atoms with E-state index in [9.17, 15) is 4.79 Å². The van der Waals surface area contributed by atoms with Gasteiger partial charge in [-0.15, -0.1) is 11.6 Å². The molecule has 0 saturated carbocycles. The molecule has 3 nitrogen and oxygen atoms in total. The van der Waals surface area contributed by atoms with Crippen LogP contribution in [-0.4, -0.2) is 34.8 Å². The predicted octanol–water partition coefficient (Wildman–Crippen LogP) is 2.87. The van der Waals surface area contributed by atoms with Crippen molar-refractivity contribution in [1.82, 2.24) is 9.88 Å². The Hall–Kier alpha value is -1.09. The molecule has 4 heteroatoms. The first-order valence-electron chi connectivity index (χ1n) is 5.97. The lowest BCUT2D eigenvalue weighted by Gasteiger charge is -2.22. The molecule has 1 rings (SSSR count). The third-order valence-corrected chi connectivity index (χ3v) is 2.83. The number of hydrogen-bond acceptors (Lipinski definition) is 2. The van der Waals surface area contributed by atoms with Crippen molar-refractivity contribution in [3.05, 3.63) is 29.6 Å². The van der Waals surface area contributed by atoms with Crippen LogP contribution in [0, 0.1) is 6.92 Å². The number of aromatic nitrogens is 1. The van der Waals surface area contributed by atoms with Gasteiger partial charge >= 0.3 is 0 Å². The van der Waals surface area contributed by atoms with Gasteiger partial charge in [-0.25, -0.2) is 0 Å². The van der Waals surface area contributed by atoms with Crippen LogP contribution < -0.4 is 0 Å². The van der Waals surface area contributed by atoms with E-state index in [1.165, 1.54) is 0 Å². The summed E-state index contributed by atoms with van der Waals surface area (Å²) in [6.45, 7) is 5.32. The van der Waals surface area contributed by atoms with Crippen molar-refractivity contribution in [2.24, 2.45) is 0 Å². The van der Waals surface area contributed by atoms with Gasteiger partial charge < -0.3 is 4.90 Å². The van der Waals surface area contributed by atoms with Gasteiger partial charge in [-0.05, 0) is 25.5 Å². The molecule has 1 aromatic rings. The van der Waals surface area contributed by atoms with Gasteiger partial charge in [-0.3, -0.25) is 9.78 Å². The molecule has 0 saturated heterocycles. The SMILES string of the molecule is CCCCN(CCCl)C(=O)c1cccnc1C. The van der Waals surface area contributed by atoms with Gasteiger partial charge in [0.2, 0.25) is 0 Å². The summed E-state index contributed by atoms with van der Waals surface area (Å²) >= 11 is 5.74. The minimum atomic E-state index is 0.0321. The first-order valence-corrected chi connectivity index (χ1v) is 6.51. The lowest BCUT2D eigenvalue weighted by molar-refractivity contribution is 0.0762. The standard InChI is InChI=1S/C13H19ClN2O/c1-3-4-9-16(10-7-14)13(17)12-6-5-8-15-11(12)2/h5-6,8H,3-4,7,9-10H2,1-2H3. The number of aryl methyl sites for hydroxylation is 1. The van der Waals surface area contributed by atoms with E-state index in [4.69, 9.17) is 11.6 Å². The number of carbonyl (C=O) groups excluding carboxylic acids is 1. The van der Waals surface area contributed by atoms with Crippen LogP contribution in [0.3, 0.4) is 0 Å². The molecule has 0 aromatic carbocycles. The number of hydrogen-bond donors (Lipinski definition) is 0. The largest absolute Gasteiger partial charge is 0.337 e. The highest BCUT2D eigenvalue weighted by atomic mass is 35.5. The van der Waals surface area contributed by atoms with E-state index in [0.29, 0.717) is 18.0 Å². The monoisotopic (exact) mass is 254 g/mol. The van der Waals surface area contributed by atoms with Gasteiger partial charge in [0.1, 0.15) is 0 Å². The smallest absolute Gasteiger partial charge is 0.255 e. The van der Waals surface area contributed by atoms with Crippen LogP contribution in [0.25, 0.3) is 0 Å². The highest BCUT2D eigenvalue weighted by Crippen LogP contribution is 2.09. The van der Waals surface area contributed by atoms with E-state index in [-0.39, 0.29) is 5.91 Å². The van der Waals surface area contributed by atoms with E-state index >= 15 is 0 Å². The molecule has 0 aliphatic rings. The van der Waals surface area contributed by atoms with Crippen LogP contribution in [0.15, 0.2) is 18.3 Å². The summed E-state index contributed by atoms with van der Waals surface area (Å²) in [5.74, 6) is 0.499. The molecule has 94 valence electrons. The van der Waals surface area contributed by atoms with Crippen molar-refractivity contribution >= 4 is 17.5 Å². The molecule has 1 aromatic heterocycles. The molecule has 0 fully saturated rings. The molecule has 0 unspecified atom stereocenters. The van der Waals surface area contributed by atoms with E-state index in [0.717, 1.165) is 25.1 Å². The molecule has 0 atom stereocenters. The summed E-state index contributed by atoms with van der Waals surface area (Å²) in [6, 6.07) is 3.61. The Balaban J connectivity index is 2.80. The third kappa shape index (κ3) is 4.00. The van der Waals surface area contributed by atoms with Gasteiger partial charge in [0.05, 0.1) is 5.56 Å². The van der Waals surface area contributed by atoms with Crippen LogP contribution in [0.5, 0.6) is 0 Å². The van der Waals surface area contributed by atoms with Crippen molar-refractivity contribution in [2.45, 2.75) is 26.7 Å². The van der Waals surface area contributed by atoms with E-state index in [1.807, 2.05) is 13.0 Å². The minimum Gasteiger partial charge on any atom is -0.337 e. The van der Waals surface area contributed by atoms with Crippen molar-refractivity contribution in [3.8, 4) is 0 Å². The summed E-state index contributed by atoms with van der Waals surface area (Å²) in [6.07, 6.45) is 3.77. The Bertz CT molecular complexity index is 368. The Kier molecular flexibility index (Phi) is 5.98. The molecule has 0 aliphatic carbocycles. The molecule has 0 N–H and O–H groups in total. The lowest BCUT2D eigenvalue weighted by atomic mass is 10.1. The third-order valence-electron chi connectivity index (χ3n) is 2.66. The predicted molar refractivity (Wildman–Crippen MR) is 70.5 cm³/mol. The number of pyridine rings is 1. The van der Waals surface area contributed by atoms with Gasteiger partial charge in [-0.2, -0.15) is 0 Å². The number of alkyl halides is 1. The molecule has 0 radical (unpaired) electrons. The van der Waals surface area contributed by atoms with Crippen molar-refractivity contribution < 1.29 is 4.79 Å². The maximum Gasteiger partial charge on any atom is 0.255 e. The van der Waals surface area contributed by atoms with Crippen molar-refractivity contribution in [3.63, 3.8) is 0 Å². The van der Waals surface area contributed by atoms with Crippen LogP contribution in [-0.2, 0) is 0 Å². The maximum atomic E-state index is 12.3. The maximum absolute atomic E-state index is 12.3. The second-order valence-electron chi connectivity index (χ2n) is 3.97. The average Bonchev–Trinajstić information content (AvgIpc) is 2.34. The fourth-order valence-corrected chi connectivity index (χ4v) is 1.85. The van der Waals surface area contributed by atoms with Gasteiger partial charge in [0.25, 0.3) is 5.91 Å². The average molecular weight is 255 g/mol.